The van der Waals surface area contributed by atoms with Gasteiger partial charge in [0.15, 0.2) is 5.78 Å². The number of rotatable bonds is 5. The van der Waals surface area contributed by atoms with Crippen molar-refractivity contribution in [3.63, 3.8) is 0 Å². The monoisotopic (exact) mass is 253 g/mol. The van der Waals surface area contributed by atoms with Crippen LogP contribution in [0.25, 0.3) is 0 Å². The van der Waals surface area contributed by atoms with Crippen molar-refractivity contribution in [1.82, 2.24) is 5.32 Å². The third kappa shape index (κ3) is 4.57. The van der Waals surface area contributed by atoms with Crippen molar-refractivity contribution in [2.24, 2.45) is 5.92 Å². The van der Waals surface area contributed by atoms with Crippen molar-refractivity contribution in [2.75, 3.05) is 6.54 Å². The summed E-state index contributed by atoms with van der Waals surface area (Å²) in [6.45, 7) is 3.70. The summed E-state index contributed by atoms with van der Waals surface area (Å²) >= 11 is 5.93. The molecule has 3 nitrogen and oxygen atoms in total. The van der Waals surface area contributed by atoms with E-state index in [4.69, 9.17) is 11.6 Å². The van der Waals surface area contributed by atoms with Crippen molar-refractivity contribution in [1.29, 1.82) is 0 Å². The summed E-state index contributed by atoms with van der Waals surface area (Å²) in [7, 11) is 0. The second-order valence-electron chi connectivity index (χ2n) is 4.17. The number of ketones is 1. The molecule has 0 spiro atoms. The van der Waals surface area contributed by atoms with Crippen molar-refractivity contribution < 1.29 is 9.59 Å². The zero-order valence-electron chi connectivity index (χ0n) is 10.00. The minimum absolute atomic E-state index is 0.0255. The van der Waals surface area contributed by atoms with Gasteiger partial charge in [0.25, 0.3) is 0 Å². The van der Waals surface area contributed by atoms with E-state index in [0.29, 0.717) is 5.02 Å². The fourth-order valence-corrected chi connectivity index (χ4v) is 1.47. The molecule has 1 aromatic carbocycles. The molecule has 0 aliphatic carbocycles. The molecule has 0 saturated carbocycles. The maximum absolute atomic E-state index is 11.6. The van der Waals surface area contributed by atoms with Crippen LogP contribution in [0.5, 0.6) is 0 Å². The SMILES string of the molecule is CC(C)C(=O)CNC(=O)Cc1ccccc1Cl. The van der Waals surface area contributed by atoms with E-state index < -0.39 is 0 Å². The smallest absolute Gasteiger partial charge is 0.224 e. The summed E-state index contributed by atoms with van der Waals surface area (Å²) in [5, 5.41) is 3.16. The predicted octanol–water partition coefficient (Wildman–Crippen LogP) is 2.22. The van der Waals surface area contributed by atoms with E-state index in [2.05, 4.69) is 5.32 Å². The van der Waals surface area contributed by atoms with Crippen LogP contribution < -0.4 is 5.32 Å². The number of Topliss-reactive ketones (excluding diaryl/α,β-unsaturated/α-hetero) is 1. The van der Waals surface area contributed by atoms with E-state index in [0.717, 1.165) is 5.56 Å². The van der Waals surface area contributed by atoms with Gasteiger partial charge in [0.05, 0.1) is 13.0 Å². The molecule has 0 saturated heterocycles. The molecule has 0 radical (unpaired) electrons. The average Bonchev–Trinajstić information content (AvgIpc) is 2.29. The molecule has 17 heavy (non-hydrogen) atoms. The molecule has 1 amide bonds. The molecule has 0 bridgehead atoms. The van der Waals surface area contributed by atoms with Crippen molar-refractivity contribution >= 4 is 23.3 Å². The Morgan fingerprint density at radius 2 is 1.94 bits per heavy atom. The molecule has 0 unspecified atom stereocenters. The summed E-state index contributed by atoms with van der Waals surface area (Å²) in [5.41, 5.74) is 0.767. The Morgan fingerprint density at radius 1 is 1.29 bits per heavy atom. The summed E-state index contributed by atoms with van der Waals surface area (Å²) < 4.78 is 0. The fourth-order valence-electron chi connectivity index (χ4n) is 1.27. The van der Waals surface area contributed by atoms with Crippen molar-refractivity contribution in [3.8, 4) is 0 Å². The van der Waals surface area contributed by atoms with Gasteiger partial charge in [0, 0.05) is 10.9 Å². The standard InChI is InChI=1S/C13H16ClNO2/c1-9(2)12(16)8-15-13(17)7-10-5-3-4-6-11(10)14/h3-6,9H,7-8H2,1-2H3,(H,15,17). The molecule has 0 aromatic heterocycles. The van der Waals surface area contributed by atoms with Gasteiger partial charge in [-0.3, -0.25) is 9.59 Å². The molecular formula is C13H16ClNO2. The van der Waals surface area contributed by atoms with Crippen LogP contribution >= 0.6 is 11.6 Å². The molecule has 0 aliphatic heterocycles. The lowest BCUT2D eigenvalue weighted by Crippen LogP contribution is -2.32. The first-order valence-corrected chi connectivity index (χ1v) is 5.91. The Kier molecular flexibility index (Phi) is 5.16. The summed E-state index contributed by atoms with van der Waals surface area (Å²) in [6, 6.07) is 7.18. The van der Waals surface area contributed by atoms with Gasteiger partial charge in [-0.2, -0.15) is 0 Å². The normalized spacial score (nSPS) is 10.4. The van der Waals surface area contributed by atoms with Gasteiger partial charge in [0.2, 0.25) is 5.91 Å². The number of carbonyl (C=O) groups excluding carboxylic acids is 2. The highest BCUT2D eigenvalue weighted by Gasteiger charge is 2.10. The van der Waals surface area contributed by atoms with Crippen LogP contribution in [0.4, 0.5) is 0 Å². The summed E-state index contributed by atoms with van der Waals surface area (Å²) in [5.74, 6) is -0.222. The molecule has 0 fully saturated rings. The lowest BCUT2D eigenvalue weighted by molar-refractivity contribution is -0.126. The second kappa shape index (κ2) is 6.40. The maximum atomic E-state index is 11.6. The Hall–Kier alpha value is -1.35. The molecule has 1 aromatic rings. The molecular weight excluding hydrogens is 238 g/mol. The van der Waals surface area contributed by atoms with Gasteiger partial charge < -0.3 is 5.32 Å². The highest BCUT2D eigenvalue weighted by Crippen LogP contribution is 2.15. The number of halogens is 1. The number of benzene rings is 1. The van der Waals surface area contributed by atoms with Crippen LogP contribution in [0.1, 0.15) is 19.4 Å². The third-order valence-corrected chi connectivity index (χ3v) is 2.78. The lowest BCUT2D eigenvalue weighted by atomic mass is 10.1. The van der Waals surface area contributed by atoms with Crippen molar-refractivity contribution in [2.45, 2.75) is 20.3 Å². The summed E-state index contributed by atoms with van der Waals surface area (Å²) in [6.07, 6.45) is 0.199. The van der Waals surface area contributed by atoms with Crippen molar-refractivity contribution in [3.05, 3.63) is 34.9 Å². The topological polar surface area (TPSA) is 46.2 Å². The molecule has 0 atom stereocenters. The third-order valence-electron chi connectivity index (χ3n) is 2.41. The minimum atomic E-state index is -0.188. The van der Waals surface area contributed by atoms with E-state index in [1.807, 2.05) is 26.0 Å². The van der Waals surface area contributed by atoms with E-state index in [-0.39, 0.29) is 30.6 Å². The van der Waals surface area contributed by atoms with Crippen LogP contribution in [0.2, 0.25) is 5.02 Å². The largest absolute Gasteiger partial charge is 0.349 e. The molecule has 1 rings (SSSR count). The van der Waals surface area contributed by atoms with E-state index >= 15 is 0 Å². The van der Waals surface area contributed by atoms with Crippen LogP contribution in [0, 0.1) is 5.92 Å². The highest BCUT2D eigenvalue weighted by atomic mass is 35.5. The predicted molar refractivity (Wildman–Crippen MR) is 68.0 cm³/mol. The number of amides is 1. The van der Waals surface area contributed by atoms with Crippen LogP contribution in [0.15, 0.2) is 24.3 Å². The van der Waals surface area contributed by atoms with E-state index in [1.165, 1.54) is 0 Å². The molecule has 0 aliphatic rings. The molecule has 1 N–H and O–H groups in total. The van der Waals surface area contributed by atoms with Gasteiger partial charge in [0.1, 0.15) is 0 Å². The van der Waals surface area contributed by atoms with Crippen LogP contribution in [0.3, 0.4) is 0 Å². The molecule has 4 heteroatoms. The maximum Gasteiger partial charge on any atom is 0.224 e. The first kappa shape index (κ1) is 13.7. The number of nitrogens with one attached hydrogen (secondary N) is 1. The first-order chi connectivity index (χ1) is 8.00. The zero-order valence-corrected chi connectivity index (χ0v) is 10.8. The minimum Gasteiger partial charge on any atom is -0.349 e. The van der Waals surface area contributed by atoms with E-state index in [9.17, 15) is 9.59 Å². The van der Waals surface area contributed by atoms with Gasteiger partial charge in [-0.25, -0.2) is 0 Å². The quantitative estimate of drug-likeness (QED) is 0.875. The van der Waals surface area contributed by atoms with Gasteiger partial charge in [-0.05, 0) is 11.6 Å². The Labute approximate surface area is 106 Å². The zero-order chi connectivity index (χ0) is 12.8. The molecule has 0 heterocycles. The lowest BCUT2D eigenvalue weighted by Gasteiger charge is -2.07. The highest BCUT2D eigenvalue weighted by molar-refractivity contribution is 6.31. The fraction of sp³-hybridized carbons (Fsp3) is 0.385. The van der Waals surface area contributed by atoms with Crippen LogP contribution in [-0.4, -0.2) is 18.2 Å². The van der Waals surface area contributed by atoms with Crippen LogP contribution in [-0.2, 0) is 16.0 Å². The molecule has 92 valence electrons. The summed E-state index contributed by atoms with van der Waals surface area (Å²) in [4.78, 5) is 22.9. The Bertz CT molecular complexity index is 416. The number of hydrogen-bond acceptors (Lipinski definition) is 2. The first-order valence-electron chi connectivity index (χ1n) is 5.53. The number of carbonyl (C=O) groups is 2. The average molecular weight is 254 g/mol. The van der Waals surface area contributed by atoms with Gasteiger partial charge in [-0.1, -0.05) is 43.6 Å². The number of hydrogen-bond donors (Lipinski definition) is 1. The second-order valence-corrected chi connectivity index (χ2v) is 4.57. The van der Waals surface area contributed by atoms with Gasteiger partial charge in [-0.15, -0.1) is 0 Å². The Morgan fingerprint density at radius 3 is 2.53 bits per heavy atom. The van der Waals surface area contributed by atoms with Gasteiger partial charge >= 0.3 is 0 Å². The van der Waals surface area contributed by atoms with E-state index in [1.54, 1.807) is 12.1 Å². The Balaban J connectivity index is 2.46.